The highest BCUT2D eigenvalue weighted by atomic mass is 16.5. The number of para-hydroxylation sites is 1. The van der Waals surface area contributed by atoms with Crippen molar-refractivity contribution in [2.24, 2.45) is 5.84 Å². The minimum atomic E-state index is -0.452. The van der Waals surface area contributed by atoms with E-state index >= 15 is 0 Å². The molecule has 0 unspecified atom stereocenters. The topological polar surface area (TPSA) is 86.5 Å². The molecule has 1 heterocycles. The fourth-order valence-electron chi connectivity index (χ4n) is 2.08. The summed E-state index contributed by atoms with van der Waals surface area (Å²) in [5.74, 6) is 5.11. The molecule has 0 fully saturated rings. The number of ether oxygens (including phenoxy) is 2. The molecule has 1 aromatic heterocycles. The number of nitrogen functional groups attached to an aromatic ring is 1. The van der Waals surface area contributed by atoms with Crippen LogP contribution < -0.4 is 11.3 Å². The van der Waals surface area contributed by atoms with Crippen molar-refractivity contribution < 1.29 is 14.3 Å². The van der Waals surface area contributed by atoms with Gasteiger partial charge < -0.3 is 14.9 Å². The highest BCUT2D eigenvalue weighted by molar-refractivity contribution is 6.05. The van der Waals surface area contributed by atoms with Gasteiger partial charge in [-0.2, -0.15) is 0 Å². The van der Waals surface area contributed by atoms with Crippen LogP contribution in [-0.2, 0) is 16.1 Å². The Morgan fingerprint density at radius 3 is 2.90 bits per heavy atom. The lowest BCUT2D eigenvalue weighted by atomic mass is 10.1. The molecule has 6 nitrogen and oxygen atoms in total. The van der Waals surface area contributed by atoms with Crippen LogP contribution in [0.2, 0.25) is 0 Å². The van der Waals surface area contributed by atoms with Gasteiger partial charge in [-0.05, 0) is 6.92 Å². The van der Waals surface area contributed by atoms with Gasteiger partial charge >= 0.3 is 5.97 Å². The van der Waals surface area contributed by atoms with Crippen LogP contribution in [0.5, 0.6) is 0 Å². The quantitative estimate of drug-likeness (QED) is 0.492. The van der Waals surface area contributed by atoms with Gasteiger partial charge in [0, 0.05) is 24.3 Å². The van der Waals surface area contributed by atoms with E-state index in [1.165, 1.54) is 6.20 Å². The lowest BCUT2D eigenvalue weighted by Crippen LogP contribution is -2.15. The smallest absolute Gasteiger partial charge is 0.341 e. The molecule has 0 aliphatic heterocycles. The van der Waals surface area contributed by atoms with Crippen LogP contribution >= 0.6 is 0 Å². The van der Waals surface area contributed by atoms with Crippen molar-refractivity contribution in [1.29, 1.82) is 0 Å². The molecule has 0 saturated carbocycles. The zero-order chi connectivity index (χ0) is 14.5. The molecule has 0 saturated heterocycles. The maximum atomic E-state index is 11.9. The molecule has 0 aliphatic carbocycles. The van der Waals surface area contributed by atoms with E-state index in [0.29, 0.717) is 24.5 Å². The van der Waals surface area contributed by atoms with Crippen molar-refractivity contribution >= 4 is 22.6 Å². The normalized spacial score (nSPS) is 10.6. The van der Waals surface area contributed by atoms with Crippen LogP contribution in [0, 0.1) is 0 Å². The SMILES string of the molecule is CCOC(=O)c1cnc2c(COC)cccc2c1NN. The molecule has 6 heteroatoms. The zero-order valence-corrected chi connectivity index (χ0v) is 11.5. The number of benzene rings is 1. The number of anilines is 1. The Morgan fingerprint density at radius 2 is 2.25 bits per heavy atom. The first-order valence-electron chi connectivity index (χ1n) is 6.26. The molecule has 106 valence electrons. The molecule has 2 rings (SSSR count). The minimum Gasteiger partial charge on any atom is -0.462 e. The van der Waals surface area contributed by atoms with E-state index in [1.807, 2.05) is 18.2 Å². The highest BCUT2D eigenvalue weighted by Crippen LogP contribution is 2.28. The number of rotatable bonds is 5. The van der Waals surface area contributed by atoms with E-state index in [9.17, 15) is 4.79 Å². The Morgan fingerprint density at radius 1 is 1.45 bits per heavy atom. The van der Waals surface area contributed by atoms with Crippen molar-refractivity contribution in [2.75, 3.05) is 19.1 Å². The van der Waals surface area contributed by atoms with E-state index in [0.717, 1.165) is 16.5 Å². The number of hydrogen-bond acceptors (Lipinski definition) is 6. The van der Waals surface area contributed by atoms with Gasteiger partial charge in [-0.25, -0.2) is 4.79 Å². The van der Waals surface area contributed by atoms with Crippen LogP contribution in [0.15, 0.2) is 24.4 Å². The summed E-state index contributed by atoms with van der Waals surface area (Å²) < 4.78 is 10.1. The van der Waals surface area contributed by atoms with Gasteiger partial charge in [-0.1, -0.05) is 18.2 Å². The number of aromatic nitrogens is 1. The number of nitrogens with zero attached hydrogens (tertiary/aromatic N) is 1. The second-order valence-electron chi connectivity index (χ2n) is 4.16. The van der Waals surface area contributed by atoms with Crippen LogP contribution in [0.25, 0.3) is 10.9 Å². The summed E-state index contributed by atoms with van der Waals surface area (Å²) in [7, 11) is 1.62. The first-order valence-corrected chi connectivity index (χ1v) is 6.26. The van der Waals surface area contributed by atoms with E-state index in [1.54, 1.807) is 14.0 Å². The second-order valence-corrected chi connectivity index (χ2v) is 4.16. The number of nitrogens with one attached hydrogen (secondary N) is 1. The number of carbonyl (C=O) groups excluding carboxylic acids is 1. The van der Waals surface area contributed by atoms with Gasteiger partial charge in [0.05, 0.1) is 24.4 Å². The molecule has 0 radical (unpaired) electrons. The van der Waals surface area contributed by atoms with Gasteiger partial charge in [-0.3, -0.25) is 10.8 Å². The van der Waals surface area contributed by atoms with Gasteiger partial charge in [-0.15, -0.1) is 0 Å². The van der Waals surface area contributed by atoms with Gasteiger partial charge in [0.25, 0.3) is 0 Å². The maximum Gasteiger partial charge on any atom is 0.341 e. The zero-order valence-electron chi connectivity index (χ0n) is 11.5. The molecule has 0 bridgehead atoms. The van der Waals surface area contributed by atoms with E-state index in [-0.39, 0.29) is 0 Å². The molecule has 0 spiro atoms. The molecular weight excluding hydrogens is 258 g/mol. The number of hydrogen-bond donors (Lipinski definition) is 2. The number of hydrazine groups is 1. The van der Waals surface area contributed by atoms with Crippen LogP contribution in [0.3, 0.4) is 0 Å². The Hall–Kier alpha value is -2.18. The van der Waals surface area contributed by atoms with Gasteiger partial charge in [0.15, 0.2) is 0 Å². The number of nitrogens with two attached hydrogens (primary N) is 1. The standard InChI is InChI=1S/C14H17N3O3/c1-3-20-14(18)11-7-16-12-9(8-19-2)5-4-6-10(12)13(11)17-15/h4-7H,3,8,15H2,1-2H3,(H,16,17). The minimum absolute atomic E-state index is 0.296. The van der Waals surface area contributed by atoms with Gasteiger partial charge in [0.1, 0.15) is 5.56 Å². The molecule has 20 heavy (non-hydrogen) atoms. The summed E-state index contributed by atoms with van der Waals surface area (Å²) in [5, 5.41) is 0.757. The lowest BCUT2D eigenvalue weighted by Gasteiger charge is -2.12. The van der Waals surface area contributed by atoms with Crippen molar-refractivity contribution in [2.45, 2.75) is 13.5 Å². The summed E-state index contributed by atoms with van der Waals surface area (Å²) in [4.78, 5) is 16.2. The summed E-state index contributed by atoms with van der Waals surface area (Å²) in [6.45, 7) is 2.48. The predicted molar refractivity (Wildman–Crippen MR) is 76.2 cm³/mol. The third-order valence-corrected chi connectivity index (χ3v) is 2.92. The van der Waals surface area contributed by atoms with Crippen LogP contribution in [0.1, 0.15) is 22.8 Å². The Balaban J connectivity index is 2.62. The van der Waals surface area contributed by atoms with Crippen molar-refractivity contribution in [1.82, 2.24) is 4.98 Å². The molecule has 3 N–H and O–H groups in total. The highest BCUT2D eigenvalue weighted by Gasteiger charge is 2.17. The fourth-order valence-corrected chi connectivity index (χ4v) is 2.08. The van der Waals surface area contributed by atoms with Crippen molar-refractivity contribution in [3.8, 4) is 0 Å². The van der Waals surface area contributed by atoms with Crippen LogP contribution in [0.4, 0.5) is 5.69 Å². The van der Waals surface area contributed by atoms with Crippen molar-refractivity contribution in [3.63, 3.8) is 0 Å². The molecule has 0 atom stereocenters. The molecular formula is C14H17N3O3. The summed E-state index contributed by atoms with van der Waals surface area (Å²) >= 11 is 0. The van der Waals surface area contributed by atoms with E-state index in [2.05, 4.69) is 10.4 Å². The Bertz CT molecular complexity index is 628. The first-order chi connectivity index (χ1) is 9.72. The Kier molecular flexibility index (Phi) is 4.49. The van der Waals surface area contributed by atoms with Gasteiger partial charge in [0.2, 0.25) is 0 Å². The maximum absolute atomic E-state index is 11.9. The summed E-state index contributed by atoms with van der Waals surface area (Å²) in [5.41, 5.74) is 5.06. The largest absolute Gasteiger partial charge is 0.462 e. The third kappa shape index (κ3) is 2.56. The number of carbonyl (C=O) groups is 1. The number of fused-ring (bicyclic) bond motifs is 1. The van der Waals surface area contributed by atoms with E-state index in [4.69, 9.17) is 15.3 Å². The summed E-state index contributed by atoms with van der Waals surface area (Å²) in [6.07, 6.45) is 1.47. The summed E-state index contributed by atoms with van der Waals surface area (Å²) in [6, 6.07) is 5.64. The first kappa shape index (κ1) is 14.2. The van der Waals surface area contributed by atoms with Crippen LogP contribution in [-0.4, -0.2) is 24.7 Å². The second kappa shape index (κ2) is 6.31. The number of esters is 1. The molecule has 1 aromatic carbocycles. The fraction of sp³-hybridized carbons (Fsp3) is 0.286. The number of pyridine rings is 1. The average molecular weight is 275 g/mol. The lowest BCUT2D eigenvalue weighted by molar-refractivity contribution is 0.0527. The van der Waals surface area contributed by atoms with E-state index < -0.39 is 5.97 Å². The third-order valence-electron chi connectivity index (χ3n) is 2.92. The average Bonchev–Trinajstić information content (AvgIpc) is 2.46. The number of methoxy groups -OCH3 is 1. The molecule has 0 aliphatic rings. The monoisotopic (exact) mass is 275 g/mol. The van der Waals surface area contributed by atoms with Crippen molar-refractivity contribution in [3.05, 3.63) is 35.5 Å². The Labute approximate surface area is 116 Å². The molecule has 2 aromatic rings. The molecule has 0 amide bonds. The predicted octanol–water partition coefficient (Wildman–Crippen LogP) is 1.84.